The van der Waals surface area contributed by atoms with E-state index in [2.05, 4.69) is 47.4 Å². The van der Waals surface area contributed by atoms with Gasteiger partial charge in [0.1, 0.15) is 0 Å². The molecule has 0 radical (unpaired) electrons. The Kier molecular flexibility index (Phi) is 4.79. The molecule has 0 aromatic carbocycles. The number of hydrogen-bond acceptors (Lipinski definition) is 1. The molecule has 1 aliphatic carbocycles. The predicted molar refractivity (Wildman–Crippen MR) is 94.9 cm³/mol. The zero-order valence-electron chi connectivity index (χ0n) is 14.1. The maximum absolute atomic E-state index is 6.85. The van der Waals surface area contributed by atoms with Crippen molar-refractivity contribution in [1.82, 2.24) is 0 Å². The molecule has 1 nitrogen and oxygen atoms in total. The van der Waals surface area contributed by atoms with Gasteiger partial charge in [0.2, 0.25) is 0 Å². The fourth-order valence-corrected chi connectivity index (χ4v) is 9.12. The maximum Gasteiger partial charge on any atom is 0.199 e. The topological polar surface area (TPSA) is 9.23 Å². The Hall–Kier alpha value is -0.863. The van der Waals surface area contributed by atoms with Gasteiger partial charge in [0, 0.05) is 0 Å². The third kappa shape index (κ3) is 2.64. The van der Waals surface area contributed by atoms with Gasteiger partial charge in [-0.1, -0.05) is 53.0 Å². The third-order valence-electron chi connectivity index (χ3n) is 5.44. The van der Waals surface area contributed by atoms with Crippen LogP contribution >= 0.6 is 0 Å². The van der Waals surface area contributed by atoms with Crippen LogP contribution in [0, 0.1) is 5.92 Å². The molecule has 1 heterocycles. The molecule has 0 saturated carbocycles. The minimum absolute atomic E-state index is 0.199. The van der Waals surface area contributed by atoms with Gasteiger partial charge in [-0.05, 0) is 52.6 Å². The van der Waals surface area contributed by atoms with Crippen LogP contribution in [-0.4, -0.2) is 14.4 Å². The second-order valence-corrected chi connectivity index (χ2v) is 12.0. The van der Waals surface area contributed by atoms with Crippen LogP contribution in [0.1, 0.15) is 40.5 Å². The molecule has 2 aliphatic rings. The maximum atomic E-state index is 6.85. The molecule has 1 fully saturated rings. The standard InChI is InChI=1S/C19H30OSi/c1-8-10-18-19-16(11-15(7)17(19)9-2)12-21(20-18,13(3)4)14(5)6/h8-9,13-14,16,18H,1-2,7,10-12H2,3-6H3. The summed E-state index contributed by atoms with van der Waals surface area (Å²) < 4.78 is 6.85. The highest BCUT2D eigenvalue weighted by Crippen LogP contribution is 2.53. The average Bonchev–Trinajstić information content (AvgIpc) is 2.73. The lowest BCUT2D eigenvalue weighted by atomic mass is 9.95. The van der Waals surface area contributed by atoms with Crippen LogP contribution in [0.4, 0.5) is 0 Å². The fourth-order valence-electron chi connectivity index (χ4n) is 4.32. The normalized spacial score (nSPS) is 28.2. The molecular weight excluding hydrogens is 272 g/mol. The molecule has 2 heteroatoms. The first-order chi connectivity index (χ1) is 9.87. The van der Waals surface area contributed by atoms with Crippen molar-refractivity contribution in [3.05, 3.63) is 48.6 Å². The van der Waals surface area contributed by atoms with Crippen molar-refractivity contribution in [2.45, 2.75) is 63.8 Å². The van der Waals surface area contributed by atoms with E-state index in [0.717, 1.165) is 12.8 Å². The summed E-state index contributed by atoms with van der Waals surface area (Å²) in [5.74, 6) is 0.626. The predicted octanol–water partition coefficient (Wildman–Crippen LogP) is 5.79. The monoisotopic (exact) mass is 302 g/mol. The number of hydrogen-bond donors (Lipinski definition) is 0. The Morgan fingerprint density at radius 3 is 2.33 bits per heavy atom. The summed E-state index contributed by atoms with van der Waals surface area (Å²) in [5.41, 5.74) is 5.26. The summed E-state index contributed by atoms with van der Waals surface area (Å²) in [6, 6.07) is 1.24. The van der Waals surface area contributed by atoms with E-state index in [4.69, 9.17) is 4.43 Å². The molecule has 1 saturated heterocycles. The Morgan fingerprint density at radius 1 is 1.24 bits per heavy atom. The summed E-state index contributed by atoms with van der Waals surface area (Å²) in [5, 5.41) is 0. The van der Waals surface area contributed by atoms with Gasteiger partial charge in [0.25, 0.3) is 0 Å². The van der Waals surface area contributed by atoms with Gasteiger partial charge < -0.3 is 4.43 Å². The smallest absolute Gasteiger partial charge is 0.199 e. The Balaban J connectivity index is 2.47. The van der Waals surface area contributed by atoms with Crippen molar-refractivity contribution in [3.8, 4) is 0 Å². The second-order valence-electron chi connectivity index (χ2n) is 7.18. The van der Waals surface area contributed by atoms with Crippen LogP contribution in [0.5, 0.6) is 0 Å². The van der Waals surface area contributed by atoms with Crippen LogP contribution in [-0.2, 0) is 4.43 Å². The summed E-state index contributed by atoms with van der Waals surface area (Å²) in [4.78, 5) is 0. The molecule has 0 amide bonds. The molecule has 0 N–H and O–H groups in total. The minimum atomic E-state index is -1.75. The molecular formula is C19H30OSi. The number of fused-ring (bicyclic) bond motifs is 1. The van der Waals surface area contributed by atoms with Gasteiger partial charge in [-0.25, -0.2) is 0 Å². The van der Waals surface area contributed by atoms with E-state index in [1.807, 2.05) is 12.2 Å². The lowest BCUT2D eigenvalue weighted by molar-refractivity contribution is 0.180. The van der Waals surface area contributed by atoms with Crippen LogP contribution in [0.15, 0.2) is 48.6 Å². The van der Waals surface area contributed by atoms with Crippen LogP contribution < -0.4 is 0 Å². The van der Waals surface area contributed by atoms with Crippen molar-refractivity contribution in [2.75, 3.05) is 0 Å². The number of rotatable bonds is 5. The molecule has 116 valence electrons. The lowest BCUT2D eigenvalue weighted by Crippen LogP contribution is -2.53. The zero-order valence-corrected chi connectivity index (χ0v) is 15.1. The zero-order chi connectivity index (χ0) is 15.8. The molecule has 0 spiro atoms. The first-order valence-corrected chi connectivity index (χ1v) is 10.5. The highest BCUT2D eigenvalue weighted by atomic mass is 28.4. The summed E-state index contributed by atoms with van der Waals surface area (Å²) in [6.07, 6.45) is 6.19. The highest BCUT2D eigenvalue weighted by Gasteiger charge is 2.52. The van der Waals surface area contributed by atoms with Crippen LogP contribution in [0.3, 0.4) is 0 Å². The first kappa shape index (κ1) is 16.5. The second kappa shape index (κ2) is 6.10. The lowest BCUT2D eigenvalue weighted by Gasteiger charge is -2.48. The van der Waals surface area contributed by atoms with Crippen molar-refractivity contribution in [3.63, 3.8) is 0 Å². The van der Waals surface area contributed by atoms with Crippen molar-refractivity contribution in [2.24, 2.45) is 5.92 Å². The Labute approximate surface area is 131 Å². The van der Waals surface area contributed by atoms with Crippen molar-refractivity contribution < 1.29 is 4.43 Å². The first-order valence-electron chi connectivity index (χ1n) is 8.20. The van der Waals surface area contributed by atoms with Crippen molar-refractivity contribution in [1.29, 1.82) is 0 Å². The van der Waals surface area contributed by atoms with Crippen molar-refractivity contribution >= 4 is 8.32 Å². The van der Waals surface area contributed by atoms with Gasteiger partial charge in [-0.15, -0.1) is 6.58 Å². The average molecular weight is 303 g/mol. The quantitative estimate of drug-likeness (QED) is 0.461. The molecule has 0 bridgehead atoms. The molecule has 0 aromatic heterocycles. The Morgan fingerprint density at radius 2 is 1.86 bits per heavy atom. The molecule has 2 atom stereocenters. The van der Waals surface area contributed by atoms with Gasteiger partial charge >= 0.3 is 0 Å². The van der Waals surface area contributed by atoms with E-state index in [-0.39, 0.29) is 6.10 Å². The highest BCUT2D eigenvalue weighted by molar-refractivity contribution is 6.76. The van der Waals surface area contributed by atoms with Gasteiger partial charge in [0.15, 0.2) is 8.32 Å². The molecule has 2 unspecified atom stereocenters. The van der Waals surface area contributed by atoms with E-state index in [0.29, 0.717) is 17.0 Å². The molecule has 0 aromatic rings. The van der Waals surface area contributed by atoms with Gasteiger partial charge in [-0.3, -0.25) is 0 Å². The minimum Gasteiger partial charge on any atom is -0.409 e. The number of allylic oxidation sites excluding steroid dienone is 3. The summed E-state index contributed by atoms with van der Waals surface area (Å²) in [6.45, 7) is 21.6. The summed E-state index contributed by atoms with van der Waals surface area (Å²) in [7, 11) is -1.75. The van der Waals surface area contributed by atoms with E-state index in [1.54, 1.807) is 0 Å². The van der Waals surface area contributed by atoms with Crippen LogP contribution in [0.25, 0.3) is 0 Å². The molecule has 1 aliphatic heterocycles. The van der Waals surface area contributed by atoms with E-state index in [1.165, 1.54) is 22.8 Å². The van der Waals surface area contributed by atoms with Gasteiger partial charge in [0.05, 0.1) is 6.10 Å². The fraction of sp³-hybridized carbons (Fsp3) is 0.579. The van der Waals surface area contributed by atoms with E-state index >= 15 is 0 Å². The van der Waals surface area contributed by atoms with Crippen LogP contribution in [0.2, 0.25) is 17.1 Å². The molecule has 2 rings (SSSR count). The Bertz CT molecular complexity index is 476. The van der Waals surface area contributed by atoms with Gasteiger partial charge in [-0.2, -0.15) is 0 Å². The van der Waals surface area contributed by atoms with E-state index in [9.17, 15) is 0 Å². The summed E-state index contributed by atoms with van der Waals surface area (Å²) >= 11 is 0. The van der Waals surface area contributed by atoms with E-state index < -0.39 is 8.32 Å². The largest absolute Gasteiger partial charge is 0.409 e. The molecule has 21 heavy (non-hydrogen) atoms. The third-order valence-corrected chi connectivity index (χ3v) is 11.2. The SMILES string of the molecule is C=CCC1O[Si](C(C)C)(C(C)C)CC2CC(=C)C(C=C)=C21.